The van der Waals surface area contributed by atoms with Gasteiger partial charge in [-0.05, 0) is 67.7 Å². The van der Waals surface area contributed by atoms with Crippen LogP contribution in [0.2, 0.25) is 0 Å². The van der Waals surface area contributed by atoms with Crippen molar-refractivity contribution in [3.8, 4) is 11.5 Å². The lowest BCUT2D eigenvalue weighted by Gasteiger charge is -2.30. The number of fused-ring (bicyclic) bond motifs is 2. The molecule has 0 amide bonds. The van der Waals surface area contributed by atoms with Gasteiger partial charge in [0.05, 0.1) is 11.1 Å². The van der Waals surface area contributed by atoms with Gasteiger partial charge in [0.25, 0.3) is 0 Å². The molecule has 4 heteroatoms. The first-order chi connectivity index (χ1) is 13.4. The number of carbonyl (C=O) groups excluding carboxylic acids is 2. The molecule has 2 aromatic rings. The molecule has 0 unspecified atom stereocenters. The van der Waals surface area contributed by atoms with Gasteiger partial charge in [0.1, 0.15) is 11.5 Å². The molecular weight excluding hydrogens is 352 g/mol. The minimum Gasteiger partial charge on any atom is -0.507 e. The molecular formula is C24H26O4. The SMILES string of the molecule is CCC[C@H]1CC[C@H](c2ccc3c(c2O)C(=O)c2ccc(C)c(O)c2C3=O)CC1. The Hall–Kier alpha value is -2.62. The van der Waals surface area contributed by atoms with Crippen LogP contribution in [-0.4, -0.2) is 21.8 Å². The highest BCUT2D eigenvalue weighted by Gasteiger charge is 2.36. The molecule has 4 nitrogen and oxygen atoms in total. The topological polar surface area (TPSA) is 74.6 Å². The van der Waals surface area contributed by atoms with Crippen LogP contribution < -0.4 is 0 Å². The van der Waals surface area contributed by atoms with Crippen molar-refractivity contribution in [1.29, 1.82) is 0 Å². The van der Waals surface area contributed by atoms with Crippen LogP contribution in [0.4, 0.5) is 0 Å². The number of phenolic OH excluding ortho intramolecular Hbond substituents is 2. The maximum Gasteiger partial charge on any atom is 0.198 e. The summed E-state index contributed by atoms with van der Waals surface area (Å²) in [6, 6.07) is 6.63. The van der Waals surface area contributed by atoms with Crippen LogP contribution >= 0.6 is 0 Å². The highest BCUT2D eigenvalue weighted by Crippen LogP contribution is 2.45. The molecule has 2 N–H and O–H groups in total. The second-order valence-electron chi connectivity index (χ2n) is 8.24. The third-order valence-corrected chi connectivity index (χ3v) is 6.52. The van der Waals surface area contributed by atoms with Crippen LogP contribution in [0.5, 0.6) is 11.5 Å². The number of hydrogen-bond acceptors (Lipinski definition) is 4. The number of benzene rings is 2. The number of carbonyl (C=O) groups is 2. The molecule has 2 aliphatic carbocycles. The van der Waals surface area contributed by atoms with Crippen LogP contribution in [0.1, 0.15) is 94.3 Å². The van der Waals surface area contributed by atoms with E-state index in [4.69, 9.17) is 0 Å². The van der Waals surface area contributed by atoms with Crippen molar-refractivity contribution in [3.63, 3.8) is 0 Å². The Bertz CT molecular complexity index is 965. The van der Waals surface area contributed by atoms with Gasteiger partial charge in [-0.2, -0.15) is 0 Å². The van der Waals surface area contributed by atoms with Crippen molar-refractivity contribution in [2.75, 3.05) is 0 Å². The zero-order valence-electron chi connectivity index (χ0n) is 16.4. The first-order valence-corrected chi connectivity index (χ1v) is 10.2. The van der Waals surface area contributed by atoms with Gasteiger partial charge in [0, 0.05) is 11.1 Å². The Morgan fingerprint density at radius 1 is 0.857 bits per heavy atom. The second kappa shape index (κ2) is 7.08. The van der Waals surface area contributed by atoms with Crippen LogP contribution in [0.3, 0.4) is 0 Å². The van der Waals surface area contributed by atoms with Gasteiger partial charge < -0.3 is 10.2 Å². The summed E-state index contributed by atoms with van der Waals surface area (Å²) in [5.41, 5.74) is 1.81. The number of ketones is 2. The molecule has 2 aliphatic rings. The van der Waals surface area contributed by atoms with E-state index in [9.17, 15) is 19.8 Å². The quantitative estimate of drug-likeness (QED) is 0.652. The molecule has 0 aliphatic heterocycles. The van der Waals surface area contributed by atoms with E-state index in [0.717, 1.165) is 37.2 Å². The number of rotatable bonds is 3. The molecule has 28 heavy (non-hydrogen) atoms. The fourth-order valence-electron chi connectivity index (χ4n) is 4.91. The van der Waals surface area contributed by atoms with Gasteiger partial charge in [0.15, 0.2) is 11.6 Å². The molecule has 1 fully saturated rings. The van der Waals surface area contributed by atoms with Crippen LogP contribution in [0, 0.1) is 12.8 Å². The Balaban J connectivity index is 1.73. The lowest BCUT2D eigenvalue weighted by molar-refractivity contribution is 0.0974. The Labute approximate surface area is 165 Å². The number of hydrogen-bond donors (Lipinski definition) is 2. The fraction of sp³-hybridized carbons (Fsp3) is 0.417. The zero-order valence-corrected chi connectivity index (χ0v) is 16.4. The van der Waals surface area contributed by atoms with Crippen molar-refractivity contribution in [2.24, 2.45) is 5.92 Å². The maximum atomic E-state index is 13.1. The number of aromatic hydroxyl groups is 2. The van der Waals surface area contributed by atoms with Crippen molar-refractivity contribution in [2.45, 2.75) is 58.3 Å². The average molecular weight is 378 g/mol. The van der Waals surface area contributed by atoms with Gasteiger partial charge in [-0.15, -0.1) is 0 Å². The Kier molecular flexibility index (Phi) is 4.74. The number of aryl methyl sites for hydroxylation is 1. The fourth-order valence-corrected chi connectivity index (χ4v) is 4.91. The van der Waals surface area contributed by atoms with Crippen LogP contribution in [0.15, 0.2) is 24.3 Å². The van der Waals surface area contributed by atoms with Gasteiger partial charge in [0.2, 0.25) is 0 Å². The first-order valence-electron chi connectivity index (χ1n) is 10.2. The first kappa shape index (κ1) is 18.7. The molecule has 0 atom stereocenters. The van der Waals surface area contributed by atoms with Crippen molar-refractivity contribution in [3.05, 3.63) is 57.6 Å². The summed E-state index contributed by atoms with van der Waals surface area (Å²) in [5, 5.41) is 21.3. The van der Waals surface area contributed by atoms with E-state index >= 15 is 0 Å². The maximum absolute atomic E-state index is 13.1. The molecule has 0 bridgehead atoms. The predicted molar refractivity (Wildman–Crippen MR) is 107 cm³/mol. The molecule has 1 saturated carbocycles. The van der Waals surface area contributed by atoms with E-state index in [0.29, 0.717) is 5.56 Å². The summed E-state index contributed by atoms with van der Waals surface area (Å²) >= 11 is 0. The smallest absolute Gasteiger partial charge is 0.198 e. The zero-order chi connectivity index (χ0) is 20.0. The Morgan fingerprint density at radius 3 is 2.04 bits per heavy atom. The van der Waals surface area contributed by atoms with E-state index in [1.807, 2.05) is 0 Å². The molecule has 0 aromatic heterocycles. The molecule has 0 radical (unpaired) electrons. The summed E-state index contributed by atoms with van der Waals surface area (Å²) < 4.78 is 0. The minimum absolute atomic E-state index is 0.0460. The van der Waals surface area contributed by atoms with Crippen LogP contribution in [-0.2, 0) is 0 Å². The molecule has 2 aromatic carbocycles. The van der Waals surface area contributed by atoms with E-state index in [1.165, 1.54) is 12.8 Å². The van der Waals surface area contributed by atoms with Crippen molar-refractivity contribution < 1.29 is 19.8 Å². The molecule has 0 spiro atoms. The minimum atomic E-state index is -0.403. The van der Waals surface area contributed by atoms with Gasteiger partial charge in [-0.3, -0.25) is 9.59 Å². The van der Waals surface area contributed by atoms with Crippen molar-refractivity contribution in [1.82, 2.24) is 0 Å². The standard InChI is InChI=1S/C24H26O4/c1-3-4-14-6-8-15(9-7-14)16-11-12-18-20(22(16)26)24(28)17-10-5-13(2)21(25)19(17)23(18)27/h5,10-12,14-15,25-26H,3-4,6-9H2,1-2H3/t14-,15-. The lowest BCUT2D eigenvalue weighted by Crippen LogP contribution is -2.22. The number of phenols is 2. The van der Waals surface area contributed by atoms with Crippen molar-refractivity contribution >= 4 is 11.6 Å². The molecule has 4 rings (SSSR count). The lowest BCUT2D eigenvalue weighted by atomic mass is 9.75. The predicted octanol–water partition coefficient (Wildman–Crippen LogP) is 5.26. The van der Waals surface area contributed by atoms with E-state index in [2.05, 4.69) is 6.92 Å². The summed E-state index contributed by atoms with van der Waals surface area (Å²) in [6.07, 6.45) is 6.71. The average Bonchev–Trinajstić information content (AvgIpc) is 2.69. The van der Waals surface area contributed by atoms with Crippen LogP contribution in [0.25, 0.3) is 0 Å². The summed E-state index contributed by atoms with van der Waals surface area (Å²) in [7, 11) is 0. The van der Waals surface area contributed by atoms with E-state index < -0.39 is 5.78 Å². The molecule has 146 valence electrons. The summed E-state index contributed by atoms with van der Waals surface area (Å²) in [6.45, 7) is 3.90. The van der Waals surface area contributed by atoms with Gasteiger partial charge >= 0.3 is 0 Å². The summed E-state index contributed by atoms with van der Waals surface area (Å²) in [5.74, 6) is -0.0329. The molecule has 0 saturated heterocycles. The van der Waals surface area contributed by atoms with Gasteiger partial charge in [-0.1, -0.05) is 31.9 Å². The highest BCUT2D eigenvalue weighted by molar-refractivity contribution is 6.30. The second-order valence-corrected chi connectivity index (χ2v) is 8.24. The third-order valence-electron chi connectivity index (χ3n) is 6.52. The summed E-state index contributed by atoms with van der Waals surface area (Å²) in [4.78, 5) is 26.0. The van der Waals surface area contributed by atoms with Gasteiger partial charge in [-0.25, -0.2) is 0 Å². The third kappa shape index (κ3) is 2.83. The largest absolute Gasteiger partial charge is 0.507 e. The molecule has 0 heterocycles. The van der Waals surface area contributed by atoms with E-state index in [1.54, 1.807) is 31.2 Å². The highest BCUT2D eigenvalue weighted by atomic mass is 16.3. The Morgan fingerprint density at radius 2 is 1.43 bits per heavy atom. The normalized spacial score (nSPS) is 21.4. The monoisotopic (exact) mass is 378 g/mol. The van der Waals surface area contributed by atoms with E-state index in [-0.39, 0.29) is 45.5 Å².